The maximum Gasteiger partial charge on any atom is 0.273 e. The Morgan fingerprint density at radius 2 is 1.73 bits per heavy atom. The van der Waals surface area contributed by atoms with Crippen molar-refractivity contribution in [2.24, 2.45) is 0 Å². The van der Waals surface area contributed by atoms with E-state index in [2.05, 4.69) is 42.7 Å². The van der Waals surface area contributed by atoms with Crippen molar-refractivity contribution in [3.8, 4) is 22.6 Å². The Labute approximate surface area is 234 Å². The summed E-state index contributed by atoms with van der Waals surface area (Å²) in [6, 6.07) is 17.1. The molecule has 0 saturated carbocycles. The zero-order chi connectivity index (χ0) is 28.0. The van der Waals surface area contributed by atoms with E-state index in [1.165, 1.54) is 24.6 Å². The molecular weight excluding hydrogens is 525 g/mol. The van der Waals surface area contributed by atoms with Gasteiger partial charge in [-0.15, -0.1) is 0 Å². The number of aromatic nitrogens is 5. The Bertz CT molecular complexity index is 1760. The van der Waals surface area contributed by atoms with E-state index < -0.39 is 11.7 Å². The summed E-state index contributed by atoms with van der Waals surface area (Å²) in [5, 5.41) is 5.95. The van der Waals surface area contributed by atoms with Gasteiger partial charge in [0.05, 0.1) is 29.5 Å². The second kappa shape index (κ2) is 11.9. The SMILES string of the molecule is O=C(NCc1ncccc1F)c1coc(CCNCCc2nc3cc(-c4ccc(-c5ncco5)cc4)ccc3[nH]2)n1. The number of aromatic amines is 1. The monoisotopic (exact) mass is 551 g/mol. The molecule has 10 nitrogen and oxygen atoms in total. The van der Waals surface area contributed by atoms with Gasteiger partial charge in [0, 0.05) is 37.7 Å². The number of fused-ring (bicyclic) bond motifs is 1. The van der Waals surface area contributed by atoms with Crippen LogP contribution in [0.15, 0.2) is 88.4 Å². The van der Waals surface area contributed by atoms with Crippen molar-refractivity contribution in [2.45, 2.75) is 19.4 Å². The first kappa shape index (κ1) is 26.1. The van der Waals surface area contributed by atoms with Crippen LogP contribution in [0.25, 0.3) is 33.6 Å². The van der Waals surface area contributed by atoms with Crippen molar-refractivity contribution in [1.29, 1.82) is 0 Å². The summed E-state index contributed by atoms with van der Waals surface area (Å²) in [6.45, 7) is 1.29. The van der Waals surface area contributed by atoms with Gasteiger partial charge in [0.15, 0.2) is 11.6 Å². The standard InChI is InChI=1S/C30H26FN7O3/c31-22-2-1-11-33-25(22)17-35-29(39)26-18-41-28(38-26)10-13-32-12-9-27-36-23-8-7-21(16-24(23)37-27)19-3-5-20(6-4-19)30-34-14-15-40-30/h1-8,11,14-16,18,32H,9-10,12-13,17H2,(H,35,39)(H,36,37). The molecule has 4 heterocycles. The quantitative estimate of drug-likeness (QED) is 0.197. The molecule has 206 valence electrons. The Hall–Kier alpha value is -5.16. The first-order chi connectivity index (χ1) is 20.1. The summed E-state index contributed by atoms with van der Waals surface area (Å²) in [4.78, 5) is 32.8. The number of imidazole rings is 1. The number of pyridine rings is 1. The lowest BCUT2D eigenvalue weighted by atomic mass is 10.0. The van der Waals surface area contributed by atoms with Crippen molar-refractivity contribution in [3.05, 3.63) is 108 Å². The van der Waals surface area contributed by atoms with E-state index in [9.17, 15) is 9.18 Å². The number of carbonyl (C=O) groups is 1. The lowest BCUT2D eigenvalue weighted by Gasteiger charge is -2.03. The third-order valence-electron chi connectivity index (χ3n) is 6.52. The normalized spacial score (nSPS) is 11.2. The lowest BCUT2D eigenvalue weighted by molar-refractivity contribution is 0.0945. The molecule has 41 heavy (non-hydrogen) atoms. The number of nitrogens with zero attached hydrogens (tertiary/aromatic N) is 4. The second-order valence-electron chi connectivity index (χ2n) is 9.32. The fourth-order valence-electron chi connectivity index (χ4n) is 4.39. The molecule has 4 aromatic heterocycles. The van der Waals surface area contributed by atoms with E-state index in [1.54, 1.807) is 12.5 Å². The first-order valence-corrected chi connectivity index (χ1v) is 13.1. The zero-order valence-electron chi connectivity index (χ0n) is 21.9. The number of halogens is 1. The number of hydrogen-bond acceptors (Lipinski definition) is 8. The van der Waals surface area contributed by atoms with Gasteiger partial charge < -0.3 is 24.5 Å². The summed E-state index contributed by atoms with van der Waals surface area (Å²) in [5.74, 6) is 1.01. The summed E-state index contributed by atoms with van der Waals surface area (Å²) in [5.41, 5.74) is 5.29. The Kier molecular flexibility index (Phi) is 7.59. The van der Waals surface area contributed by atoms with E-state index in [4.69, 9.17) is 13.8 Å². The van der Waals surface area contributed by atoms with Gasteiger partial charge in [-0.3, -0.25) is 9.78 Å². The fraction of sp³-hybridized carbons (Fsp3) is 0.167. The zero-order valence-corrected chi connectivity index (χ0v) is 21.9. The highest BCUT2D eigenvalue weighted by molar-refractivity contribution is 5.91. The Balaban J connectivity index is 0.965. The van der Waals surface area contributed by atoms with Crippen LogP contribution in [0.4, 0.5) is 4.39 Å². The number of hydrogen-bond donors (Lipinski definition) is 3. The number of H-pyrrole nitrogens is 1. The minimum absolute atomic E-state index is 0.0319. The largest absolute Gasteiger partial charge is 0.448 e. The molecule has 1 amide bonds. The van der Waals surface area contributed by atoms with Gasteiger partial charge in [-0.1, -0.05) is 18.2 Å². The predicted octanol–water partition coefficient (Wildman–Crippen LogP) is 4.71. The molecule has 0 aliphatic heterocycles. The van der Waals surface area contributed by atoms with Crippen molar-refractivity contribution in [2.75, 3.05) is 13.1 Å². The second-order valence-corrected chi connectivity index (χ2v) is 9.32. The number of oxazole rings is 2. The number of rotatable bonds is 11. The van der Waals surface area contributed by atoms with Gasteiger partial charge in [-0.05, 0) is 47.5 Å². The smallest absolute Gasteiger partial charge is 0.273 e. The van der Waals surface area contributed by atoms with Crippen LogP contribution in [0.2, 0.25) is 0 Å². The lowest BCUT2D eigenvalue weighted by Crippen LogP contribution is -2.24. The number of carbonyl (C=O) groups excluding carboxylic acids is 1. The minimum Gasteiger partial charge on any atom is -0.448 e. The molecule has 3 N–H and O–H groups in total. The topological polar surface area (TPSA) is 135 Å². The highest BCUT2D eigenvalue weighted by Gasteiger charge is 2.13. The van der Waals surface area contributed by atoms with Crippen LogP contribution in [0, 0.1) is 5.82 Å². The third-order valence-corrected chi connectivity index (χ3v) is 6.52. The van der Waals surface area contributed by atoms with Crippen molar-refractivity contribution in [1.82, 2.24) is 35.6 Å². The molecule has 6 rings (SSSR count). The van der Waals surface area contributed by atoms with Crippen LogP contribution < -0.4 is 10.6 Å². The van der Waals surface area contributed by atoms with Gasteiger partial charge in [0.25, 0.3) is 5.91 Å². The van der Waals surface area contributed by atoms with Crippen LogP contribution in [-0.2, 0) is 19.4 Å². The van der Waals surface area contributed by atoms with Gasteiger partial charge >= 0.3 is 0 Å². The van der Waals surface area contributed by atoms with Gasteiger partial charge in [0.1, 0.15) is 24.2 Å². The maximum absolute atomic E-state index is 13.7. The van der Waals surface area contributed by atoms with E-state index in [1.807, 2.05) is 30.3 Å². The highest BCUT2D eigenvalue weighted by atomic mass is 19.1. The van der Waals surface area contributed by atoms with Crippen molar-refractivity contribution < 1.29 is 18.0 Å². The van der Waals surface area contributed by atoms with Crippen LogP contribution in [0.3, 0.4) is 0 Å². The summed E-state index contributed by atoms with van der Waals surface area (Å²) < 4.78 is 24.5. The maximum atomic E-state index is 13.7. The molecule has 0 atom stereocenters. The van der Waals surface area contributed by atoms with Crippen LogP contribution in [-0.4, -0.2) is 43.9 Å². The number of nitrogens with one attached hydrogen (secondary N) is 3. The van der Waals surface area contributed by atoms with Crippen molar-refractivity contribution in [3.63, 3.8) is 0 Å². The number of amides is 1. The first-order valence-electron chi connectivity index (χ1n) is 13.1. The minimum atomic E-state index is -0.474. The van der Waals surface area contributed by atoms with Crippen LogP contribution >= 0.6 is 0 Å². The molecular formula is C30H26FN7O3. The van der Waals surface area contributed by atoms with Crippen molar-refractivity contribution >= 4 is 16.9 Å². The molecule has 6 aromatic rings. The van der Waals surface area contributed by atoms with Gasteiger partial charge in [-0.25, -0.2) is 19.3 Å². The predicted molar refractivity (Wildman–Crippen MR) is 149 cm³/mol. The summed E-state index contributed by atoms with van der Waals surface area (Å²) in [6.07, 6.45) is 7.20. The van der Waals surface area contributed by atoms with Gasteiger partial charge in [0.2, 0.25) is 5.89 Å². The molecule has 0 aliphatic carbocycles. The molecule has 11 heteroatoms. The number of benzene rings is 2. The van der Waals surface area contributed by atoms with E-state index in [0.29, 0.717) is 31.3 Å². The van der Waals surface area contributed by atoms with Crippen LogP contribution in [0.5, 0.6) is 0 Å². The average molecular weight is 552 g/mol. The molecule has 0 bridgehead atoms. The third kappa shape index (κ3) is 6.20. The highest BCUT2D eigenvalue weighted by Crippen LogP contribution is 2.26. The van der Waals surface area contributed by atoms with E-state index >= 15 is 0 Å². The molecule has 0 saturated heterocycles. The molecule has 0 radical (unpaired) electrons. The van der Waals surface area contributed by atoms with E-state index in [-0.39, 0.29) is 17.9 Å². The molecule has 0 aliphatic rings. The molecule has 0 unspecified atom stereocenters. The molecule has 0 spiro atoms. The van der Waals surface area contributed by atoms with E-state index in [0.717, 1.165) is 40.0 Å². The Morgan fingerprint density at radius 3 is 2.56 bits per heavy atom. The van der Waals surface area contributed by atoms with Crippen LogP contribution in [0.1, 0.15) is 27.9 Å². The Morgan fingerprint density at radius 1 is 0.902 bits per heavy atom. The molecule has 2 aromatic carbocycles. The summed E-state index contributed by atoms with van der Waals surface area (Å²) in [7, 11) is 0. The summed E-state index contributed by atoms with van der Waals surface area (Å²) >= 11 is 0. The fourth-order valence-corrected chi connectivity index (χ4v) is 4.39. The average Bonchev–Trinajstić information content (AvgIpc) is 3.77. The molecule has 0 fully saturated rings. The van der Waals surface area contributed by atoms with Gasteiger partial charge in [-0.2, -0.15) is 0 Å².